The Morgan fingerprint density at radius 2 is 1.50 bits per heavy atom. The quantitative estimate of drug-likeness (QED) is 0.423. The predicted octanol–water partition coefficient (Wildman–Crippen LogP) is 4.70. The first-order valence-corrected chi connectivity index (χ1v) is 6.84. The topological polar surface area (TPSA) is 20.2 Å². The highest BCUT2D eigenvalue weighted by atomic mass is 16.3. The van der Waals surface area contributed by atoms with Gasteiger partial charge in [0.2, 0.25) is 0 Å². The van der Waals surface area contributed by atoms with Crippen LogP contribution >= 0.6 is 0 Å². The van der Waals surface area contributed by atoms with E-state index in [2.05, 4.69) is 20.4 Å². The molecule has 96 valence electrons. The standard InChI is InChI=1S/C15H30O/c1-13(2)10-8-6-5-7-9-11-15(16)12-14(3)4/h13,15-16H,3,5-12H2,1-2,4H3. The molecule has 0 saturated carbocycles. The molecule has 0 fully saturated rings. The molecule has 0 amide bonds. The summed E-state index contributed by atoms with van der Waals surface area (Å²) in [6.45, 7) is 10.4. The van der Waals surface area contributed by atoms with Gasteiger partial charge in [-0.3, -0.25) is 0 Å². The molecule has 0 spiro atoms. The van der Waals surface area contributed by atoms with Crippen molar-refractivity contribution in [1.82, 2.24) is 0 Å². The van der Waals surface area contributed by atoms with E-state index in [0.29, 0.717) is 0 Å². The third-order valence-electron chi connectivity index (χ3n) is 2.90. The van der Waals surface area contributed by atoms with Crippen LogP contribution in [-0.2, 0) is 0 Å². The van der Waals surface area contributed by atoms with Crippen molar-refractivity contribution in [3.8, 4) is 0 Å². The van der Waals surface area contributed by atoms with Gasteiger partial charge in [0.1, 0.15) is 0 Å². The summed E-state index contributed by atoms with van der Waals surface area (Å²) in [7, 11) is 0. The molecule has 1 heteroatoms. The average Bonchev–Trinajstić information content (AvgIpc) is 2.14. The Bertz CT molecular complexity index is 172. The predicted molar refractivity (Wildman–Crippen MR) is 72.6 cm³/mol. The van der Waals surface area contributed by atoms with Crippen molar-refractivity contribution in [1.29, 1.82) is 0 Å². The van der Waals surface area contributed by atoms with Gasteiger partial charge in [-0.15, -0.1) is 6.58 Å². The Morgan fingerprint density at radius 3 is 2.00 bits per heavy atom. The van der Waals surface area contributed by atoms with Gasteiger partial charge in [0.05, 0.1) is 6.10 Å². The van der Waals surface area contributed by atoms with Gasteiger partial charge >= 0.3 is 0 Å². The zero-order valence-electron chi connectivity index (χ0n) is 11.5. The van der Waals surface area contributed by atoms with Crippen LogP contribution in [0.4, 0.5) is 0 Å². The molecule has 1 nitrogen and oxygen atoms in total. The Morgan fingerprint density at radius 1 is 1.00 bits per heavy atom. The summed E-state index contributed by atoms with van der Waals surface area (Å²) in [6.07, 6.45) is 9.39. The van der Waals surface area contributed by atoms with Gasteiger partial charge in [-0.05, 0) is 25.7 Å². The van der Waals surface area contributed by atoms with Crippen LogP contribution < -0.4 is 0 Å². The molecule has 0 radical (unpaired) electrons. The van der Waals surface area contributed by atoms with Crippen LogP contribution in [0, 0.1) is 5.92 Å². The fraction of sp³-hybridized carbons (Fsp3) is 0.867. The highest BCUT2D eigenvalue weighted by Gasteiger charge is 2.03. The summed E-state index contributed by atoms with van der Waals surface area (Å²) in [5, 5.41) is 9.63. The lowest BCUT2D eigenvalue weighted by Crippen LogP contribution is -2.06. The Balaban J connectivity index is 3.17. The van der Waals surface area contributed by atoms with Crippen LogP contribution in [0.2, 0.25) is 0 Å². The molecule has 0 aliphatic rings. The van der Waals surface area contributed by atoms with E-state index in [1.807, 2.05) is 6.92 Å². The third kappa shape index (κ3) is 11.8. The van der Waals surface area contributed by atoms with Gasteiger partial charge in [0.15, 0.2) is 0 Å². The number of rotatable bonds is 10. The zero-order chi connectivity index (χ0) is 12.4. The van der Waals surface area contributed by atoms with Crippen LogP contribution in [-0.4, -0.2) is 11.2 Å². The van der Waals surface area contributed by atoms with Crippen molar-refractivity contribution in [3.63, 3.8) is 0 Å². The minimum absolute atomic E-state index is 0.159. The van der Waals surface area contributed by atoms with Gasteiger partial charge in [0, 0.05) is 0 Å². The summed E-state index contributed by atoms with van der Waals surface area (Å²) >= 11 is 0. The van der Waals surface area contributed by atoms with E-state index in [1.165, 1.54) is 32.1 Å². The Kier molecular flexibility index (Phi) is 9.71. The molecule has 0 aromatic carbocycles. The lowest BCUT2D eigenvalue weighted by atomic mass is 10.0. The van der Waals surface area contributed by atoms with E-state index < -0.39 is 0 Å². The van der Waals surface area contributed by atoms with E-state index in [0.717, 1.165) is 30.8 Å². The minimum atomic E-state index is -0.159. The van der Waals surface area contributed by atoms with E-state index >= 15 is 0 Å². The van der Waals surface area contributed by atoms with E-state index in [-0.39, 0.29) is 6.10 Å². The summed E-state index contributed by atoms with van der Waals surface area (Å²) < 4.78 is 0. The first-order chi connectivity index (χ1) is 7.52. The molecule has 0 rings (SSSR count). The van der Waals surface area contributed by atoms with Gasteiger partial charge in [-0.2, -0.15) is 0 Å². The monoisotopic (exact) mass is 226 g/mol. The molecule has 1 unspecified atom stereocenters. The molecule has 0 aromatic heterocycles. The molecule has 0 aliphatic carbocycles. The summed E-state index contributed by atoms with van der Waals surface area (Å²) in [5.41, 5.74) is 1.09. The average molecular weight is 226 g/mol. The molecule has 0 aromatic rings. The first kappa shape index (κ1) is 15.7. The van der Waals surface area contributed by atoms with Crippen molar-refractivity contribution >= 4 is 0 Å². The molecule has 1 N–H and O–H groups in total. The van der Waals surface area contributed by atoms with Crippen LogP contribution in [0.5, 0.6) is 0 Å². The molecule has 0 saturated heterocycles. The molecule has 16 heavy (non-hydrogen) atoms. The summed E-state index contributed by atoms with van der Waals surface area (Å²) in [5.74, 6) is 0.845. The van der Waals surface area contributed by atoms with Crippen molar-refractivity contribution in [3.05, 3.63) is 12.2 Å². The van der Waals surface area contributed by atoms with Crippen molar-refractivity contribution in [2.75, 3.05) is 0 Å². The molecule has 0 heterocycles. The summed E-state index contributed by atoms with van der Waals surface area (Å²) in [4.78, 5) is 0. The maximum atomic E-state index is 9.63. The van der Waals surface area contributed by atoms with Gasteiger partial charge in [0.25, 0.3) is 0 Å². The second-order valence-corrected chi connectivity index (χ2v) is 5.55. The van der Waals surface area contributed by atoms with Crippen LogP contribution in [0.25, 0.3) is 0 Å². The van der Waals surface area contributed by atoms with Crippen molar-refractivity contribution < 1.29 is 5.11 Å². The molecular weight excluding hydrogens is 196 g/mol. The third-order valence-corrected chi connectivity index (χ3v) is 2.90. The maximum absolute atomic E-state index is 9.63. The van der Waals surface area contributed by atoms with Gasteiger partial charge in [-0.25, -0.2) is 0 Å². The molecule has 0 bridgehead atoms. The van der Waals surface area contributed by atoms with E-state index in [9.17, 15) is 5.11 Å². The second-order valence-electron chi connectivity index (χ2n) is 5.55. The maximum Gasteiger partial charge on any atom is 0.0577 e. The number of aliphatic hydroxyl groups is 1. The highest BCUT2D eigenvalue weighted by Crippen LogP contribution is 2.14. The van der Waals surface area contributed by atoms with Crippen LogP contribution in [0.3, 0.4) is 0 Å². The summed E-state index contributed by atoms with van der Waals surface area (Å²) in [6, 6.07) is 0. The lowest BCUT2D eigenvalue weighted by molar-refractivity contribution is 0.161. The normalized spacial score (nSPS) is 13.1. The zero-order valence-corrected chi connectivity index (χ0v) is 11.5. The van der Waals surface area contributed by atoms with E-state index in [1.54, 1.807) is 0 Å². The molecule has 0 aliphatic heterocycles. The lowest BCUT2D eigenvalue weighted by Gasteiger charge is -2.10. The fourth-order valence-corrected chi connectivity index (χ4v) is 1.97. The number of hydrogen-bond acceptors (Lipinski definition) is 1. The van der Waals surface area contributed by atoms with Crippen LogP contribution in [0.15, 0.2) is 12.2 Å². The SMILES string of the molecule is C=C(C)CC(O)CCCCCCCC(C)C. The Hall–Kier alpha value is -0.300. The largest absolute Gasteiger partial charge is 0.393 e. The number of unbranched alkanes of at least 4 members (excludes halogenated alkanes) is 4. The smallest absolute Gasteiger partial charge is 0.0577 e. The van der Waals surface area contributed by atoms with Gasteiger partial charge in [-0.1, -0.05) is 57.9 Å². The first-order valence-electron chi connectivity index (χ1n) is 6.84. The molecule has 1 atom stereocenters. The fourth-order valence-electron chi connectivity index (χ4n) is 1.97. The number of hydrogen-bond donors (Lipinski definition) is 1. The van der Waals surface area contributed by atoms with Gasteiger partial charge < -0.3 is 5.11 Å². The minimum Gasteiger partial charge on any atom is -0.393 e. The van der Waals surface area contributed by atoms with Crippen molar-refractivity contribution in [2.24, 2.45) is 5.92 Å². The van der Waals surface area contributed by atoms with Crippen LogP contribution in [0.1, 0.15) is 72.1 Å². The Labute approximate surface area is 102 Å². The number of aliphatic hydroxyl groups excluding tert-OH is 1. The second kappa shape index (κ2) is 9.89. The molecular formula is C15H30O. The van der Waals surface area contributed by atoms with E-state index in [4.69, 9.17) is 0 Å². The highest BCUT2D eigenvalue weighted by molar-refractivity contribution is 4.90. The van der Waals surface area contributed by atoms with Crippen molar-refractivity contribution in [2.45, 2.75) is 78.2 Å².